The van der Waals surface area contributed by atoms with E-state index in [1.165, 1.54) is 18.3 Å². The van der Waals surface area contributed by atoms with Crippen LogP contribution < -0.4 is 10.6 Å². The summed E-state index contributed by atoms with van der Waals surface area (Å²) in [5.41, 5.74) is 0.562. The summed E-state index contributed by atoms with van der Waals surface area (Å²) in [5.74, 6) is -1.31. The van der Waals surface area contributed by atoms with Crippen LogP contribution in [0.25, 0.3) is 0 Å². The fraction of sp³-hybridized carbons (Fsp3) is 0.625. The molecule has 4 rings (SSSR count). The fourth-order valence-corrected chi connectivity index (χ4v) is 6.24. The number of anilines is 1. The Hall–Kier alpha value is -2.93. The van der Waals surface area contributed by atoms with Crippen LogP contribution in [0.4, 0.5) is 9.80 Å². The van der Waals surface area contributed by atoms with Crippen LogP contribution >= 0.6 is 11.3 Å². The second-order valence-corrected chi connectivity index (χ2v) is 10.7. The molecule has 0 bridgehead atoms. The Morgan fingerprint density at radius 2 is 1.97 bits per heavy atom. The molecular weight excluding hydrogens is 456 g/mol. The molecule has 3 aliphatic rings. The minimum Gasteiger partial charge on any atom is -0.451 e. The molecule has 1 aromatic heterocycles. The van der Waals surface area contributed by atoms with E-state index < -0.39 is 42.0 Å². The van der Waals surface area contributed by atoms with E-state index >= 15 is 0 Å². The van der Waals surface area contributed by atoms with Crippen LogP contribution in [0.2, 0.25) is 0 Å². The highest BCUT2D eigenvalue weighted by molar-refractivity contribution is 7.16. The van der Waals surface area contributed by atoms with Gasteiger partial charge in [0.15, 0.2) is 6.10 Å². The van der Waals surface area contributed by atoms with Gasteiger partial charge in [0.1, 0.15) is 23.2 Å². The summed E-state index contributed by atoms with van der Waals surface area (Å²) < 4.78 is 5.23. The van der Waals surface area contributed by atoms with E-state index in [-0.39, 0.29) is 0 Å². The van der Waals surface area contributed by atoms with Crippen LogP contribution in [0.5, 0.6) is 0 Å². The number of thiophene rings is 1. The summed E-state index contributed by atoms with van der Waals surface area (Å²) in [6.07, 6.45) is 6.53. The summed E-state index contributed by atoms with van der Waals surface area (Å²) >= 11 is 1.40. The standard InChI is InChI=1S/C24H30N4O5S/c1-14-8-10-24(11-9-14)22(31)28(23(32)27-24)13-19(29)33-15(2)20(30)26-21-17(12-25)16-6-4-3-5-7-18(16)34-21/h14-15H,3-11,13H2,1-2H3,(H,26,30)(H,27,32). The number of rotatable bonds is 5. The number of nitriles is 1. The Morgan fingerprint density at radius 3 is 2.68 bits per heavy atom. The van der Waals surface area contributed by atoms with Crippen LogP contribution in [0.3, 0.4) is 0 Å². The molecule has 2 N–H and O–H groups in total. The van der Waals surface area contributed by atoms with E-state index in [4.69, 9.17) is 4.74 Å². The van der Waals surface area contributed by atoms with Crippen molar-refractivity contribution in [2.75, 3.05) is 11.9 Å². The average Bonchev–Trinajstić information content (AvgIpc) is 3.11. The second kappa shape index (κ2) is 9.74. The first-order chi connectivity index (χ1) is 16.2. The SMILES string of the molecule is CC1CCC2(CC1)NC(=O)N(CC(=O)OC(C)C(=O)Nc1sc3c(c1C#N)CCCCC3)C2=O. The Morgan fingerprint density at radius 1 is 1.26 bits per heavy atom. The van der Waals surface area contributed by atoms with Crippen molar-refractivity contribution in [3.8, 4) is 6.07 Å². The van der Waals surface area contributed by atoms with E-state index in [1.807, 2.05) is 0 Å². The van der Waals surface area contributed by atoms with Gasteiger partial charge in [0.25, 0.3) is 11.8 Å². The van der Waals surface area contributed by atoms with Gasteiger partial charge < -0.3 is 15.4 Å². The number of amides is 4. The lowest BCUT2D eigenvalue weighted by Crippen LogP contribution is -2.49. The van der Waals surface area contributed by atoms with Crippen LogP contribution in [-0.2, 0) is 32.0 Å². The highest BCUT2D eigenvalue weighted by Crippen LogP contribution is 2.38. The first-order valence-electron chi connectivity index (χ1n) is 11.9. The van der Waals surface area contributed by atoms with Crippen molar-refractivity contribution in [3.63, 3.8) is 0 Å². The van der Waals surface area contributed by atoms with E-state index in [9.17, 15) is 24.4 Å². The Bertz CT molecular complexity index is 1050. The monoisotopic (exact) mass is 486 g/mol. The third-order valence-electron chi connectivity index (χ3n) is 7.11. The first-order valence-corrected chi connectivity index (χ1v) is 12.7. The Balaban J connectivity index is 1.35. The number of imide groups is 1. The molecule has 182 valence electrons. The van der Waals surface area contributed by atoms with Gasteiger partial charge in [-0.2, -0.15) is 5.26 Å². The zero-order chi connectivity index (χ0) is 24.5. The molecule has 0 aromatic carbocycles. The number of urea groups is 1. The maximum atomic E-state index is 12.9. The molecule has 2 aliphatic carbocycles. The molecule has 1 atom stereocenters. The van der Waals surface area contributed by atoms with Crippen molar-refractivity contribution in [1.29, 1.82) is 5.26 Å². The van der Waals surface area contributed by atoms with Crippen molar-refractivity contribution >= 4 is 40.2 Å². The van der Waals surface area contributed by atoms with Crippen LogP contribution in [0.15, 0.2) is 0 Å². The van der Waals surface area contributed by atoms with Crippen molar-refractivity contribution in [3.05, 3.63) is 16.0 Å². The van der Waals surface area contributed by atoms with Gasteiger partial charge in [-0.15, -0.1) is 11.3 Å². The largest absolute Gasteiger partial charge is 0.451 e. The van der Waals surface area contributed by atoms with Gasteiger partial charge in [0.2, 0.25) is 0 Å². The van der Waals surface area contributed by atoms with E-state index in [2.05, 4.69) is 23.6 Å². The molecule has 1 saturated heterocycles. The highest BCUT2D eigenvalue weighted by atomic mass is 32.1. The van der Waals surface area contributed by atoms with Crippen molar-refractivity contribution in [1.82, 2.24) is 10.2 Å². The smallest absolute Gasteiger partial charge is 0.327 e. The van der Waals surface area contributed by atoms with Gasteiger partial charge in [0.05, 0.1) is 5.56 Å². The lowest BCUT2D eigenvalue weighted by atomic mass is 9.77. The normalized spacial score (nSPS) is 25.2. The quantitative estimate of drug-likeness (QED) is 0.373. The molecule has 34 heavy (non-hydrogen) atoms. The topological polar surface area (TPSA) is 129 Å². The van der Waals surface area contributed by atoms with Crippen molar-refractivity contribution in [2.24, 2.45) is 5.92 Å². The Labute approximate surface area is 202 Å². The first kappa shape index (κ1) is 24.2. The van der Waals surface area contributed by atoms with E-state index in [0.29, 0.717) is 29.3 Å². The summed E-state index contributed by atoms with van der Waals surface area (Å²) in [6.45, 7) is 2.99. The summed E-state index contributed by atoms with van der Waals surface area (Å²) in [7, 11) is 0. The Kier molecular flexibility index (Phi) is 6.94. The maximum absolute atomic E-state index is 12.9. The molecule has 2 fully saturated rings. The number of carbonyl (C=O) groups excluding carboxylic acids is 4. The zero-order valence-electron chi connectivity index (χ0n) is 19.6. The number of nitrogens with zero attached hydrogens (tertiary/aromatic N) is 2. The summed E-state index contributed by atoms with van der Waals surface area (Å²) in [6, 6.07) is 1.60. The lowest BCUT2D eigenvalue weighted by molar-refractivity contribution is -0.155. The van der Waals surface area contributed by atoms with Gasteiger partial charge >= 0.3 is 12.0 Å². The molecule has 1 saturated carbocycles. The third-order valence-corrected chi connectivity index (χ3v) is 8.32. The predicted octanol–water partition coefficient (Wildman–Crippen LogP) is 3.26. The molecule has 1 unspecified atom stereocenters. The minimum absolute atomic E-state index is 0.405. The predicted molar refractivity (Wildman–Crippen MR) is 125 cm³/mol. The molecule has 1 aromatic rings. The van der Waals surface area contributed by atoms with E-state index in [1.54, 1.807) is 0 Å². The van der Waals surface area contributed by atoms with Crippen LogP contribution in [0, 0.1) is 17.2 Å². The van der Waals surface area contributed by atoms with Crippen LogP contribution in [0.1, 0.15) is 74.8 Å². The number of esters is 1. The number of carbonyl (C=O) groups is 4. The fourth-order valence-electron chi connectivity index (χ4n) is 4.99. The molecule has 0 radical (unpaired) electrons. The lowest BCUT2D eigenvalue weighted by Gasteiger charge is -2.33. The molecule has 9 nitrogen and oxygen atoms in total. The number of ether oxygens (including phenoxy) is 1. The number of aryl methyl sites for hydroxylation is 1. The zero-order valence-corrected chi connectivity index (χ0v) is 20.4. The van der Waals surface area contributed by atoms with Gasteiger partial charge in [-0.05, 0) is 69.8 Å². The summed E-state index contributed by atoms with van der Waals surface area (Å²) in [4.78, 5) is 52.5. The molecular formula is C24H30N4O5S. The molecule has 2 heterocycles. The molecule has 4 amide bonds. The van der Waals surface area contributed by atoms with Gasteiger partial charge in [-0.25, -0.2) is 4.79 Å². The number of nitrogens with one attached hydrogen (secondary N) is 2. The van der Waals surface area contributed by atoms with Crippen molar-refractivity contribution in [2.45, 2.75) is 83.3 Å². The molecule has 1 spiro atoms. The summed E-state index contributed by atoms with van der Waals surface area (Å²) in [5, 5.41) is 15.6. The number of fused-ring (bicyclic) bond motifs is 1. The van der Waals surface area contributed by atoms with E-state index in [0.717, 1.165) is 60.3 Å². The maximum Gasteiger partial charge on any atom is 0.327 e. The average molecular weight is 487 g/mol. The third kappa shape index (κ3) is 4.67. The van der Waals surface area contributed by atoms with Gasteiger partial charge in [0, 0.05) is 4.88 Å². The van der Waals surface area contributed by atoms with Crippen molar-refractivity contribution < 1.29 is 23.9 Å². The molecule has 10 heteroatoms. The highest BCUT2D eigenvalue weighted by Gasteiger charge is 2.52. The second-order valence-electron chi connectivity index (χ2n) is 9.59. The van der Waals surface area contributed by atoms with Gasteiger partial charge in [-0.3, -0.25) is 19.3 Å². The number of hydrogen-bond donors (Lipinski definition) is 2. The molecule has 1 aliphatic heterocycles. The number of hydrogen-bond acceptors (Lipinski definition) is 7. The van der Waals surface area contributed by atoms with Gasteiger partial charge in [-0.1, -0.05) is 13.3 Å². The minimum atomic E-state index is -1.15. The van der Waals surface area contributed by atoms with Crippen LogP contribution in [-0.4, -0.2) is 46.9 Å².